The third-order valence-electron chi connectivity index (χ3n) is 5.39. The number of rotatable bonds is 5. The molecule has 3 aromatic rings. The second kappa shape index (κ2) is 7.85. The van der Waals surface area contributed by atoms with Crippen LogP contribution in [0.1, 0.15) is 27.5 Å². The molecular formula is C22H22N4O2S. The maximum Gasteiger partial charge on any atom is 0.229 e. The van der Waals surface area contributed by atoms with Crippen LogP contribution in [0.5, 0.6) is 0 Å². The van der Waals surface area contributed by atoms with E-state index in [4.69, 9.17) is 5.73 Å². The second-order valence-corrected chi connectivity index (χ2v) is 8.47. The fourth-order valence-corrected chi connectivity index (χ4v) is 5.12. The summed E-state index contributed by atoms with van der Waals surface area (Å²) >= 11 is 1.01. The molecule has 29 heavy (non-hydrogen) atoms. The number of hydrogen-bond acceptors (Lipinski definition) is 5. The number of benzene rings is 2. The Morgan fingerprint density at radius 1 is 1.17 bits per heavy atom. The summed E-state index contributed by atoms with van der Waals surface area (Å²) in [7, 11) is 1.76. The standard InChI is InChI=1S/C22H22N4O2S/c1-26-13-17(18-12-24-14-25-18)19(20(26)27)22(23,16-10-6-3-7-11-16)29-21(28)15-8-4-2-5-9-15/h2-12,14,17,19H,13,23H2,1H3,(H,24,25). The molecule has 1 aliphatic heterocycles. The van der Waals surface area contributed by atoms with Crippen molar-refractivity contribution in [2.45, 2.75) is 10.8 Å². The van der Waals surface area contributed by atoms with Crippen molar-refractivity contribution in [1.29, 1.82) is 0 Å². The van der Waals surface area contributed by atoms with E-state index in [1.807, 2.05) is 48.5 Å². The van der Waals surface area contributed by atoms with Crippen LogP contribution >= 0.6 is 11.8 Å². The Labute approximate surface area is 173 Å². The van der Waals surface area contributed by atoms with Gasteiger partial charge >= 0.3 is 0 Å². The Kier molecular flexibility index (Phi) is 5.25. The van der Waals surface area contributed by atoms with Crippen LogP contribution in [0.2, 0.25) is 0 Å². The number of thioether (sulfide) groups is 1. The van der Waals surface area contributed by atoms with Gasteiger partial charge in [0.15, 0.2) is 0 Å². The monoisotopic (exact) mass is 406 g/mol. The molecule has 1 amide bonds. The molecule has 2 heterocycles. The van der Waals surface area contributed by atoms with Gasteiger partial charge in [0.2, 0.25) is 11.0 Å². The first kappa shape index (κ1) is 19.4. The highest BCUT2D eigenvalue weighted by Crippen LogP contribution is 2.49. The summed E-state index contributed by atoms with van der Waals surface area (Å²) in [6.45, 7) is 0.511. The van der Waals surface area contributed by atoms with Crippen LogP contribution in [-0.2, 0) is 9.67 Å². The number of H-pyrrole nitrogens is 1. The molecule has 0 saturated carbocycles. The lowest BCUT2D eigenvalue weighted by atomic mass is 9.83. The van der Waals surface area contributed by atoms with Crippen molar-refractivity contribution in [3.05, 3.63) is 90.0 Å². The minimum absolute atomic E-state index is 0.0793. The molecule has 1 aliphatic rings. The topological polar surface area (TPSA) is 92.1 Å². The molecule has 3 unspecified atom stereocenters. The van der Waals surface area contributed by atoms with E-state index in [0.29, 0.717) is 12.1 Å². The third kappa shape index (κ3) is 3.59. The van der Waals surface area contributed by atoms with Crippen molar-refractivity contribution in [3.8, 4) is 0 Å². The molecule has 1 saturated heterocycles. The molecule has 148 valence electrons. The molecule has 0 bridgehead atoms. The Bertz CT molecular complexity index is 994. The van der Waals surface area contributed by atoms with Gasteiger partial charge in [0.1, 0.15) is 4.87 Å². The molecule has 3 N–H and O–H groups in total. The van der Waals surface area contributed by atoms with E-state index in [0.717, 1.165) is 23.0 Å². The lowest BCUT2D eigenvalue weighted by Gasteiger charge is -2.36. The van der Waals surface area contributed by atoms with Gasteiger partial charge in [-0.05, 0) is 5.56 Å². The van der Waals surface area contributed by atoms with E-state index in [9.17, 15) is 9.59 Å². The van der Waals surface area contributed by atoms with Crippen molar-refractivity contribution >= 4 is 22.8 Å². The molecule has 3 atom stereocenters. The number of imidazole rings is 1. The molecule has 0 spiro atoms. The minimum atomic E-state index is -1.23. The Morgan fingerprint density at radius 2 is 1.83 bits per heavy atom. The van der Waals surface area contributed by atoms with E-state index >= 15 is 0 Å². The first-order chi connectivity index (χ1) is 14.0. The number of nitrogens with zero attached hydrogens (tertiary/aromatic N) is 2. The van der Waals surface area contributed by atoms with E-state index in [1.54, 1.807) is 36.6 Å². The van der Waals surface area contributed by atoms with Gasteiger partial charge < -0.3 is 15.6 Å². The number of likely N-dealkylation sites (N-methyl/N-ethyl adjacent to an activating group) is 1. The second-order valence-electron chi connectivity index (χ2n) is 7.22. The number of amides is 1. The molecule has 0 radical (unpaired) electrons. The number of nitrogens with one attached hydrogen (secondary N) is 1. The van der Waals surface area contributed by atoms with Gasteiger partial charge in [-0.2, -0.15) is 0 Å². The normalized spacial score (nSPS) is 21.2. The molecule has 7 heteroatoms. The van der Waals surface area contributed by atoms with E-state index in [-0.39, 0.29) is 16.9 Å². The zero-order valence-electron chi connectivity index (χ0n) is 16.0. The smallest absolute Gasteiger partial charge is 0.229 e. The number of nitrogens with two attached hydrogens (primary N) is 1. The highest BCUT2D eigenvalue weighted by Gasteiger charge is 2.53. The molecule has 1 fully saturated rings. The number of hydrogen-bond donors (Lipinski definition) is 2. The van der Waals surface area contributed by atoms with Crippen LogP contribution in [0.25, 0.3) is 0 Å². The number of aromatic nitrogens is 2. The van der Waals surface area contributed by atoms with Crippen molar-refractivity contribution in [3.63, 3.8) is 0 Å². The van der Waals surface area contributed by atoms with Gasteiger partial charge in [-0.3, -0.25) is 9.59 Å². The third-order valence-corrected chi connectivity index (χ3v) is 6.64. The Hall–Kier alpha value is -2.90. The first-order valence-corrected chi connectivity index (χ1v) is 10.2. The number of carbonyl (C=O) groups is 2. The van der Waals surface area contributed by atoms with Crippen molar-refractivity contribution in [1.82, 2.24) is 14.9 Å². The number of aromatic amines is 1. The lowest BCUT2D eigenvalue weighted by molar-refractivity contribution is -0.130. The van der Waals surface area contributed by atoms with Crippen LogP contribution in [0, 0.1) is 5.92 Å². The van der Waals surface area contributed by atoms with Crippen molar-refractivity contribution in [2.75, 3.05) is 13.6 Å². The van der Waals surface area contributed by atoms with Gasteiger partial charge in [-0.15, -0.1) is 0 Å². The summed E-state index contributed by atoms with van der Waals surface area (Å²) < 4.78 is 0. The first-order valence-electron chi connectivity index (χ1n) is 9.36. The summed E-state index contributed by atoms with van der Waals surface area (Å²) in [5.41, 5.74) is 9.11. The number of likely N-dealkylation sites (tertiary alicyclic amines) is 1. The van der Waals surface area contributed by atoms with Crippen LogP contribution in [0.3, 0.4) is 0 Å². The minimum Gasteiger partial charge on any atom is -0.348 e. The predicted molar refractivity (Wildman–Crippen MR) is 113 cm³/mol. The van der Waals surface area contributed by atoms with E-state index in [1.165, 1.54) is 0 Å². The zero-order chi connectivity index (χ0) is 20.4. The average Bonchev–Trinajstić information content (AvgIpc) is 3.38. The van der Waals surface area contributed by atoms with Crippen molar-refractivity contribution < 1.29 is 9.59 Å². The van der Waals surface area contributed by atoms with Gasteiger partial charge in [0.25, 0.3) is 0 Å². The zero-order valence-corrected chi connectivity index (χ0v) is 16.8. The summed E-state index contributed by atoms with van der Waals surface area (Å²) in [6, 6.07) is 18.4. The van der Waals surface area contributed by atoms with Gasteiger partial charge in [-0.25, -0.2) is 4.98 Å². The molecular weight excluding hydrogens is 384 g/mol. The largest absolute Gasteiger partial charge is 0.348 e. The highest BCUT2D eigenvalue weighted by molar-refractivity contribution is 8.14. The van der Waals surface area contributed by atoms with Gasteiger partial charge in [0, 0.05) is 37.0 Å². The average molecular weight is 407 g/mol. The van der Waals surface area contributed by atoms with Gasteiger partial charge in [-0.1, -0.05) is 72.4 Å². The summed E-state index contributed by atoms with van der Waals surface area (Å²) in [4.78, 5) is 34.0. The lowest BCUT2D eigenvalue weighted by Crippen LogP contribution is -2.47. The van der Waals surface area contributed by atoms with Crippen LogP contribution < -0.4 is 5.73 Å². The molecule has 0 aliphatic carbocycles. The summed E-state index contributed by atoms with van der Waals surface area (Å²) in [5.74, 6) is -0.895. The van der Waals surface area contributed by atoms with Crippen LogP contribution in [-0.4, -0.2) is 39.5 Å². The van der Waals surface area contributed by atoms with E-state index in [2.05, 4.69) is 9.97 Å². The molecule has 4 rings (SSSR count). The van der Waals surface area contributed by atoms with Gasteiger partial charge in [0.05, 0.1) is 12.2 Å². The predicted octanol–water partition coefficient (Wildman–Crippen LogP) is 2.97. The fourth-order valence-electron chi connectivity index (χ4n) is 3.92. The van der Waals surface area contributed by atoms with Crippen molar-refractivity contribution in [2.24, 2.45) is 11.7 Å². The Balaban J connectivity index is 1.79. The molecule has 2 aromatic carbocycles. The SMILES string of the molecule is CN1CC(c2cnc[nH]2)C(C(N)(SC(=O)c2ccccc2)c2ccccc2)C1=O. The molecule has 6 nitrogen and oxygen atoms in total. The summed E-state index contributed by atoms with van der Waals surface area (Å²) in [6.07, 6.45) is 3.32. The quantitative estimate of drug-likeness (QED) is 0.636. The highest BCUT2D eigenvalue weighted by atomic mass is 32.2. The van der Waals surface area contributed by atoms with Crippen LogP contribution in [0.15, 0.2) is 73.2 Å². The molecule has 1 aromatic heterocycles. The number of carbonyl (C=O) groups excluding carboxylic acids is 2. The van der Waals surface area contributed by atoms with E-state index < -0.39 is 10.8 Å². The summed E-state index contributed by atoms with van der Waals surface area (Å²) in [5, 5.41) is -0.164. The Morgan fingerprint density at radius 3 is 2.45 bits per heavy atom. The fraction of sp³-hybridized carbons (Fsp3) is 0.227. The van der Waals surface area contributed by atoms with Crippen LogP contribution in [0.4, 0.5) is 0 Å². The maximum absolute atomic E-state index is 13.2. The maximum atomic E-state index is 13.2.